The van der Waals surface area contributed by atoms with Gasteiger partial charge in [-0.2, -0.15) is 0 Å². The van der Waals surface area contributed by atoms with E-state index in [1.54, 1.807) is 0 Å². The zero-order valence-corrected chi connectivity index (χ0v) is 16.7. The molecule has 0 aliphatic heterocycles. The largest absolute Gasteiger partial charge is 0.330 e. The SMILES string of the molecule is Cc1ccc(Nc2nnc(SCC(=O)NOCc3ccccc3)s2)cc1C. The van der Waals surface area contributed by atoms with Crippen molar-refractivity contribution in [3.05, 3.63) is 65.2 Å². The highest BCUT2D eigenvalue weighted by Crippen LogP contribution is 2.28. The molecular formula is C19H20N4O2S2. The van der Waals surface area contributed by atoms with Crippen LogP contribution in [0.3, 0.4) is 0 Å². The second kappa shape index (κ2) is 9.50. The van der Waals surface area contributed by atoms with Crippen LogP contribution >= 0.6 is 23.1 Å². The Labute approximate surface area is 166 Å². The first-order valence-electron chi connectivity index (χ1n) is 8.35. The number of carbonyl (C=O) groups excluding carboxylic acids is 1. The number of hydrogen-bond donors (Lipinski definition) is 2. The molecule has 1 heterocycles. The predicted molar refractivity (Wildman–Crippen MR) is 109 cm³/mol. The number of hydroxylamine groups is 1. The van der Waals surface area contributed by atoms with E-state index in [0.717, 1.165) is 15.6 Å². The summed E-state index contributed by atoms with van der Waals surface area (Å²) < 4.78 is 0.722. The molecule has 3 aromatic rings. The second-order valence-corrected chi connectivity index (χ2v) is 8.09. The Kier molecular flexibility index (Phi) is 6.80. The van der Waals surface area contributed by atoms with Crippen molar-refractivity contribution >= 4 is 39.8 Å². The number of aryl methyl sites for hydroxylation is 2. The van der Waals surface area contributed by atoms with Gasteiger partial charge >= 0.3 is 0 Å². The molecule has 2 N–H and O–H groups in total. The van der Waals surface area contributed by atoms with Gasteiger partial charge in [-0.1, -0.05) is 59.5 Å². The average molecular weight is 401 g/mol. The second-order valence-electron chi connectivity index (χ2n) is 5.89. The van der Waals surface area contributed by atoms with Crippen LogP contribution in [-0.4, -0.2) is 21.9 Å². The number of hydrogen-bond acceptors (Lipinski definition) is 7. The van der Waals surface area contributed by atoms with Gasteiger partial charge in [0.05, 0.1) is 12.4 Å². The summed E-state index contributed by atoms with van der Waals surface area (Å²) in [5, 5.41) is 12.2. The van der Waals surface area contributed by atoms with Crippen molar-refractivity contribution in [2.45, 2.75) is 24.8 Å². The molecule has 8 heteroatoms. The molecule has 2 aromatic carbocycles. The highest BCUT2D eigenvalue weighted by molar-refractivity contribution is 8.01. The Balaban J connectivity index is 1.42. The third kappa shape index (κ3) is 6.06. The Hall–Kier alpha value is -2.42. The Morgan fingerprint density at radius 3 is 2.70 bits per heavy atom. The average Bonchev–Trinajstić information content (AvgIpc) is 3.11. The molecule has 1 aromatic heterocycles. The fourth-order valence-electron chi connectivity index (χ4n) is 2.19. The van der Waals surface area contributed by atoms with E-state index in [1.165, 1.54) is 34.2 Å². The van der Waals surface area contributed by atoms with E-state index < -0.39 is 0 Å². The van der Waals surface area contributed by atoms with Gasteiger partial charge in [0.2, 0.25) is 5.13 Å². The van der Waals surface area contributed by atoms with E-state index in [-0.39, 0.29) is 11.7 Å². The quantitative estimate of drug-likeness (QED) is 0.435. The van der Waals surface area contributed by atoms with Crippen LogP contribution in [0.25, 0.3) is 0 Å². The number of nitrogens with one attached hydrogen (secondary N) is 2. The molecule has 0 saturated heterocycles. The first kappa shape index (κ1) is 19.3. The van der Waals surface area contributed by atoms with Crippen LogP contribution < -0.4 is 10.8 Å². The van der Waals surface area contributed by atoms with Crippen LogP contribution in [0.5, 0.6) is 0 Å². The maximum atomic E-state index is 11.9. The van der Waals surface area contributed by atoms with Gasteiger partial charge in [0.15, 0.2) is 4.34 Å². The normalized spacial score (nSPS) is 10.6. The van der Waals surface area contributed by atoms with Gasteiger partial charge in [0.25, 0.3) is 5.91 Å². The van der Waals surface area contributed by atoms with Crippen LogP contribution in [-0.2, 0) is 16.2 Å². The van der Waals surface area contributed by atoms with E-state index in [1.807, 2.05) is 36.4 Å². The summed E-state index contributed by atoms with van der Waals surface area (Å²) in [6.45, 7) is 4.48. The van der Waals surface area contributed by atoms with Crippen LogP contribution in [0.15, 0.2) is 52.9 Å². The summed E-state index contributed by atoms with van der Waals surface area (Å²) in [6, 6.07) is 15.8. The number of benzene rings is 2. The monoisotopic (exact) mass is 400 g/mol. The zero-order valence-electron chi connectivity index (χ0n) is 15.1. The van der Waals surface area contributed by atoms with E-state index in [9.17, 15) is 4.79 Å². The molecule has 140 valence electrons. The topological polar surface area (TPSA) is 76.1 Å². The summed E-state index contributed by atoms with van der Waals surface area (Å²) in [5.74, 6) is 0.00219. The summed E-state index contributed by atoms with van der Waals surface area (Å²) in [5.41, 5.74) is 6.87. The Bertz CT molecular complexity index is 900. The van der Waals surface area contributed by atoms with E-state index in [2.05, 4.69) is 47.0 Å². The molecule has 1 amide bonds. The van der Waals surface area contributed by atoms with Crippen molar-refractivity contribution in [3.63, 3.8) is 0 Å². The number of aromatic nitrogens is 2. The van der Waals surface area contributed by atoms with Crippen molar-refractivity contribution in [2.75, 3.05) is 11.1 Å². The van der Waals surface area contributed by atoms with Crippen molar-refractivity contribution < 1.29 is 9.63 Å². The minimum absolute atomic E-state index is 0.213. The Morgan fingerprint density at radius 1 is 1.11 bits per heavy atom. The van der Waals surface area contributed by atoms with Crippen LogP contribution in [0.4, 0.5) is 10.8 Å². The van der Waals surface area contributed by atoms with Gasteiger partial charge in [-0.15, -0.1) is 10.2 Å². The summed E-state index contributed by atoms with van der Waals surface area (Å²) >= 11 is 2.73. The molecule has 0 saturated carbocycles. The molecule has 0 bridgehead atoms. The number of thioether (sulfide) groups is 1. The van der Waals surface area contributed by atoms with Crippen molar-refractivity contribution in [1.82, 2.24) is 15.7 Å². The third-order valence-electron chi connectivity index (χ3n) is 3.76. The van der Waals surface area contributed by atoms with Gasteiger partial charge in [0, 0.05) is 5.69 Å². The number of anilines is 2. The molecular weight excluding hydrogens is 380 g/mol. The summed E-state index contributed by atoms with van der Waals surface area (Å²) in [4.78, 5) is 17.1. The molecule has 3 rings (SSSR count). The van der Waals surface area contributed by atoms with Crippen molar-refractivity contribution in [2.24, 2.45) is 0 Å². The molecule has 6 nitrogen and oxygen atoms in total. The fraction of sp³-hybridized carbons (Fsp3) is 0.211. The van der Waals surface area contributed by atoms with E-state index >= 15 is 0 Å². The maximum absolute atomic E-state index is 11.9. The molecule has 0 aliphatic rings. The lowest BCUT2D eigenvalue weighted by molar-refractivity contribution is -0.131. The lowest BCUT2D eigenvalue weighted by Crippen LogP contribution is -2.25. The minimum Gasteiger partial charge on any atom is -0.330 e. The predicted octanol–water partition coefficient (Wildman–Crippen LogP) is 4.24. The number of amides is 1. The van der Waals surface area contributed by atoms with E-state index in [4.69, 9.17) is 4.84 Å². The number of rotatable bonds is 8. The highest BCUT2D eigenvalue weighted by Gasteiger charge is 2.09. The molecule has 0 atom stereocenters. The standard InChI is InChI=1S/C19H20N4O2S2/c1-13-8-9-16(10-14(13)2)20-18-21-22-19(27-18)26-12-17(24)23-25-11-15-6-4-3-5-7-15/h3-10H,11-12H2,1-2H3,(H,20,21)(H,23,24). The van der Waals surface area contributed by atoms with Gasteiger partial charge < -0.3 is 5.32 Å². The van der Waals surface area contributed by atoms with Crippen LogP contribution in [0.2, 0.25) is 0 Å². The van der Waals surface area contributed by atoms with Crippen LogP contribution in [0, 0.1) is 13.8 Å². The van der Waals surface area contributed by atoms with Gasteiger partial charge in [0.1, 0.15) is 0 Å². The maximum Gasteiger partial charge on any atom is 0.253 e. The minimum atomic E-state index is -0.213. The summed E-state index contributed by atoms with van der Waals surface area (Å²) in [6.07, 6.45) is 0. The molecule has 0 spiro atoms. The van der Waals surface area contributed by atoms with Crippen molar-refractivity contribution in [1.29, 1.82) is 0 Å². The van der Waals surface area contributed by atoms with Crippen LogP contribution in [0.1, 0.15) is 16.7 Å². The molecule has 0 aliphatic carbocycles. The Morgan fingerprint density at radius 2 is 1.93 bits per heavy atom. The third-order valence-corrected chi connectivity index (χ3v) is 5.73. The lowest BCUT2D eigenvalue weighted by Gasteiger charge is -2.05. The smallest absolute Gasteiger partial charge is 0.253 e. The first-order valence-corrected chi connectivity index (χ1v) is 10.2. The number of carbonyl (C=O) groups is 1. The number of nitrogens with zero attached hydrogens (tertiary/aromatic N) is 2. The first-order chi connectivity index (χ1) is 13.1. The van der Waals surface area contributed by atoms with Gasteiger partial charge in [-0.05, 0) is 42.7 Å². The fourth-order valence-corrected chi connectivity index (χ4v) is 3.75. The highest BCUT2D eigenvalue weighted by atomic mass is 32.2. The van der Waals surface area contributed by atoms with Gasteiger partial charge in [-0.3, -0.25) is 9.63 Å². The molecule has 0 radical (unpaired) electrons. The van der Waals surface area contributed by atoms with E-state index in [0.29, 0.717) is 11.7 Å². The summed E-state index contributed by atoms with van der Waals surface area (Å²) in [7, 11) is 0. The van der Waals surface area contributed by atoms with Gasteiger partial charge in [-0.25, -0.2) is 5.48 Å². The zero-order chi connectivity index (χ0) is 19.1. The molecule has 0 unspecified atom stereocenters. The molecule has 27 heavy (non-hydrogen) atoms. The lowest BCUT2D eigenvalue weighted by atomic mass is 10.1. The molecule has 0 fully saturated rings. The van der Waals surface area contributed by atoms with Crippen molar-refractivity contribution in [3.8, 4) is 0 Å².